The molecule has 2 bridgehead atoms. The summed E-state index contributed by atoms with van der Waals surface area (Å²) in [4.78, 5) is 14.6. The molecule has 4 rings (SSSR count). The first-order valence-corrected chi connectivity index (χ1v) is 9.17. The Bertz CT molecular complexity index is 925. The predicted octanol–water partition coefficient (Wildman–Crippen LogP) is 4.14. The van der Waals surface area contributed by atoms with Crippen LogP contribution in [0.4, 0.5) is 10.5 Å². The number of urea groups is 1. The van der Waals surface area contributed by atoms with Gasteiger partial charge in [-0.25, -0.2) is 4.79 Å². The van der Waals surface area contributed by atoms with Gasteiger partial charge < -0.3 is 24.3 Å². The predicted molar refractivity (Wildman–Crippen MR) is 105 cm³/mol. The number of amides is 2. The first-order chi connectivity index (χ1) is 13.4. The lowest BCUT2D eigenvalue weighted by molar-refractivity contribution is 0.0378. The summed E-state index contributed by atoms with van der Waals surface area (Å²) in [5, 5.41) is 3.65. The van der Waals surface area contributed by atoms with Gasteiger partial charge in [-0.1, -0.05) is 11.6 Å². The fourth-order valence-electron chi connectivity index (χ4n) is 3.93. The second kappa shape index (κ2) is 6.67. The summed E-state index contributed by atoms with van der Waals surface area (Å²) in [6.07, 6.45) is 0.558. The molecule has 0 aromatic heterocycles. The molecule has 2 aliphatic heterocycles. The highest BCUT2D eigenvalue weighted by Crippen LogP contribution is 2.48. The number of carbonyl (C=O) groups excluding carboxylic acids is 1. The Morgan fingerprint density at radius 2 is 1.82 bits per heavy atom. The lowest BCUT2D eigenvalue weighted by atomic mass is 9.90. The van der Waals surface area contributed by atoms with E-state index >= 15 is 0 Å². The van der Waals surface area contributed by atoms with Crippen LogP contribution >= 0.6 is 11.6 Å². The Morgan fingerprint density at radius 1 is 1.14 bits per heavy atom. The number of fused-ring (bicyclic) bond motifs is 4. The lowest BCUT2D eigenvalue weighted by Crippen LogP contribution is -2.65. The normalized spacial score (nSPS) is 22.7. The molecule has 2 heterocycles. The SMILES string of the molecule is COc1cc(N2C(=O)N[C@H]3C[C@]2(C)Oc2ccc(Cl)cc23)cc(OC)c1OC. The number of carbonyl (C=O) groups is 1. The summed E-state index contributed by atoms with van der Waals surface area (Å²) in [7, 11) is 4.60. The van der Waals surface area contributed by atoms with Gasteiger partial charge in [0.2, 0.25) is 5.75 Å². The van der Waals surface area contributed by atoms with Gasteiger partial charge >= 0.3 is 6.03 Å². The summed E-state index contributed by atoms with van der Waals surface area (Å²) in [5.74, 6) is 2.07. The van der Waals surface area contributed by atoms with Gasteiger partial charge in [0.1, 0.15) is 5.75 Å². The Morgan fingerprint density at radius 3 is 2.43 bits per heavy atom. The fraction of sp³-hybridized carbons (Fsp3) is 0.350. The molecule has 28 heavy (non-hydrogen) atoms. The van der Waals surface area contributed by atoms with Gasteiger partial charge in [-0.2, -0.15) is 0 Å². The summed E-state index contributed by atoms with van der Waals surface area (Å²) >= 11 is 6.13. The van der Waals surface area contributed by atoms with Crippen molar-refractivity contribution in [3.8, 4) is 23.0 Å². The zero-order valence-corrected chi connectivity index (χ0v) is 16.8. The van der Waals surface area contributed by atoms with E-state index < -0.39 is 5.72 Å². The molecule has 7 nitrogen and oxygen atoms in total. The van der Waals surface area contributed by atoms with E-state index in [1.54, 1.807) is 23.1 Å². The van der Waals surface area contributed by atoms with Crippen LogP contribution in [0.15, 0.2) is 30.3 Å². The Labute approximate surface area is 168 Å². The molecular weight excluding hydrogens is 384 g/mol. The first-order valence-electron chi connectivity index (χ1n) is 8.79. The first kappa shape index (κ1) is 18.6. The van der Waals surface area contributed by atoms with Gasteiger partial charge in [0, 0.05) is 29.1 Å². The van der Waals surface area contributed by atoms with Crippen molar-refractivity contribution in [2.75, 3.05) is 26.2 Å². The maximum atomic E-state index is 13.1. The van der Waals surface area contributed by atoms with Crippen molar-refractivity contribution in [3.63, 3.8) is 0 Å². The molecule has 0 radical (unpaired) electrons. The summed E-state index contributed by atoms with van der Waals surface area (Å²) in [5.41, 5.74) is 0.562. The van der Waals surface area contributed by atoms with Crippen LogP contribution < -0.4 is 29.2 Å². The largest absolute Gasteiger partial charge is 0.493 e. The van der Waals surface area contributed by atoms with E-state index in [0.717, 1.165) is 5.56 Å². The van der Waals surface area contributed by atoms with E-state index in [4.69, 9.17) is 30.5 Å². The van der Waals surface area contributed by atoms with Crippen LogP contribution in [0.5, 0.6) is 23.0 Å². The van der Waals surface area contributed by atoms with E-state index in [9.17, 15) is 4.79 Å². The van der Waals surface area contributed by atoms with E-state index in [0.29, 0.717) is 40.1 Å². The molecule has 8 heteroatoms. The Balaban J connectivity index is 1.81. The average Bonchev–Trinajstić information content (AvgIpc) is 2.67. The number of halogens is 1. The number of methoxy groups -OCH3 is 3. The minimum absolute atomic E-state index is 0.182. The highest BCUT2D eigenvalue weighted by atomic mass is 35.5. The van der Waals surface area contributed by atoms with E-state index in [2.05, 4.69) is 5.32 Å². The van der Waals surface area contributed by atoms with Crippen LogP contribution in [0.3, 0.4) is 0 Å². The van der Waals surface area contributed by atoms with Crippen LogP contribution in [-0.2, 0) is 0 Å². The number of nitrogens with one attached hydrogen (secondary N) is 1. The van der Waals surface area contributed by atoms with Crippen LogP contribution in [0, 0.1) is 0 Å². The third-order valence-electron chi connectivity index (χ3n) is 5.14. The number of anilines is 1. The maximum Gasteiger partial charge on any atom is 0.325 e. The number of benzene rings is 2. The van der Waals surface area contributed by atoms with Crippen LogP contribution in [0.25, 0.3) is 0 Å². The van der Waals surface area contributed by atoms with Crippen LogP contribution in [0.2, 0.25) is 5.02 Å². The van der Waals surface area contributed by atoms with Crippen molar-refractivity contribution in [2.24, 2.45) is 0 Å². The number of nitrogens with zero attached hydrogens (tertiary/aromatic N) is 1. The number of rotatable bonds is 4. The smallest absolute Gasteiger partial charge is 0.325 e. The molecule has 0 aliphatic carbocycles. The third-order valence-corrected chi connectivity index (χ3v) is 5.38. The van der Waals surface area contributed by atoms with Gasteiger partial charge in [0.15, 0.2) is 17.2 Å². The minimum atomic E-state index is -0.890. The molecule has 2 aromatic rings. The monoisotopic (exact) mass is 404 g/mol. The van der Waals surface area contributed by atoms with Crippen molar-refractivity contribution >= 4 is 23.3 Å². The summed E-state index contributed by atoms with van der Waals surface area (Å²) in [6.45, 7) is 1.89. The fourth-order valence-corrected chi connectivity index (χ4v) is 4.11. The zero-order chi connectivity index (χ0) is 20.1. The maximum absolute atomic E-state index is 13.1. The van der Waals surface area contributed by atoms with Gasteiger partial charge in [0.05, 0.1) is 33.1 Å². The summed E-state index contributed by atoms with van der Waals surface area (Å²) < 4.78 is 22.5. The van der Waals surface area contributed by atoms with Crippen molar-refractivity contribution in [1.82, 2.24) is 5.32 Å². The molecule has 0 unspecified atom stereocenters. The van der Waals surface area contributed by atoms with Gasteiger partial charge in [0.25, 0.3) is 0 Å². The Kier molecular flexibility index (Phi) is 4.42. The molecule has 1 saturated heterocycles. The lowest BCUT2D eigenvalue weighted by Gasteiger charge is -2.50. The molecule has 0 spiro atoms. The zero-order valence-electron chi connectivity index (χ0n) is 16.0. The van der Waals surface area contributed by atoms with E-state index in [1.165, 1.54) is 21.3 Å². The topological polar surface area (TPSA) is 69.3 Å². The molecule has 148 valence electrons. The second-order valence-corrected chi connectivity index (χ2v) is 7.32. The van der Waals surface area contributed by atoms with Crippen molar-refractivity contribution in [3.05, 3.63) is 40.9 Å². The minimum Gasteiger partial charge on any atom is -0.493 e. The highest BCUT2D eigenvalue weighted by Gasteiger charge is 2.50. The highest BCUT2D eigenvalue weighted by molar-refractivity contribution is 6.30. The van der Waals surface area contributed by atoms with Crippen molar-refractivity contribution in [2.45, 2.75) is 25.1 Å². The number of hydrogen-bond donors (Lipinski definition) is 1. The third kappa shape index (κ3) is 2.77. The molecule has 1 fully saturated rings. The van der Waals surface area contributed by atoms with Gasteiger partial charge in [-0.3, -0.25) is 4.90 Å². The van der Waals surface area contributed by atoms with Crippen molar-refractivity contribution < 1.29 is 23.7 Å². The second-order valence-electron chi connectivity index (χ2n) is 6.88. The molecule has 2 atom stereocenters. The van der Waals surface area contributed by atoms with E-state index in [-0.39, 0.29) is 12.1 Å². The number of ether oxygens (including phenoxy) is 4. The Hall–Kier alpha value is -2.80. The molecule has 0 saturated carbocycles. The molecule has 2 aliphatic rings. The van der Waals surface area contributed by atoms with Crippen molar-refractivity contribution in [1.29, 1.82) is 0 Å². The summed E-state index contributed by atoms with van der Waals surface area (Å²) in [6, 6.07) is 8.43. The van der Waals surface area contributed by atoms with Crippen LogP contribution in [-0.4, -0.2) is 33.1 Å². The van der Waals surface area contributed by atoms with Crippen LogP contribution in [0.1, 0.15) is 24.9 Å². The molecule has 1 N–H and O–H groups in total. The number of hydrogen-bond acceptors (Lipinski definition) is 5. The molecule has 2 aromatic carbocycles. The van der Waals surface area contributed by atoms with Gasteiger partial charge in [-0.15, -0.1) is 0 Å². The molecule has 2 amide bonds. The quantitative estimate of drug-likeness (QED) is 0.829. The molecular formula is C20H21ClN2O5. The average molecular weight is 405 g/mol. The van der Waals surface area contributed by atoms with Gasteiger partial charge in [-0.05, 0) is 25.1 Å². The van der Waals surface area contributed by atoms with E-state index in [1.807, 2.05) is 19.1 Å². The standard InChI is InChI=1S/C20H21ClN2O5/c1-20-10-14(13-7-11(21)5-6-15(13)28-20)22-19(24)23(20)12-8-16(25-2)18(27-4)17(9-12)26-3/h5-9,14H,10H2,1-4H3,(H,22,24)/t14-,20-/m0/s1.